The van der Waals surface area contributed by atoms with Gasteiger partial charge in [-0.05, 0) is 48.2 Å². The molecule has 3 rings (SSSR count). The Balaban J connectivity index is 1.48. The van der Waals surface area contributed by atoms with E-state index in [1.165, 1.54) is 11.1 Å². The fourth-order valence-electron chi connectivity index (χ4n) is 3.19. The molecule has 2 aromatic rings. The Bertz CT molecular complexity index is 810. The van der Waals surface area contributed by atoms with E-state index in [0.717, 1.165) is 41.9 Å². The Kier molecular flexibility index (Phi) is 6.45. The van der Waals surface area contributed by atoms with Gasteiger partial charge in [0.15, 0.2) is 17.5 Å². The van der Waals surface area contributed by atoms with Crippen LogP contribution in [0.4, 0.5) is 0 Å². The molecule has 0 amide bonds. The van der Waals surface area contributed by atoms with Crippen LogP contribution >= 0.6 is 11.6 Å². The summed E-state index contributed by atoms with van der Waals surface area (Å²) < 4.78 is 10.6. The molecule has 2 N–H and O–H groups in total. The zero-order chi connectivity index (χ0) is 19.2. The number of rotatable bonds is 7. The Morgan fingerprint density at radius 2 is 1.96 bits per heavy atom. The highest BCUT2D eigenvalue weighted by Gasteiger charge is 2.39. The van der Waals surface area contributed by atoms with E-state index in [0.29, 0.717) is 12.0 Å². The normalized spacial score (nSPS) is 18.7. The third-order valence-electron chi connectivity index (χ3n) is 4.77. The van der Waals surface area contributed by atoms with E-state index in [9.17, 15) is 0 Å². The van der Waals surface area contributed by atoms with Crippen molar-refractivity contribution >= 4 is 17.6 Å². The minimum Gasteiger partial charge on any atom is -0.493 e. The van der Waals surface area contributed by atoms with Crippen molar-refractivity contribution in [2.24, 2.45) is 4.99 Å². The smallest absolute Gasteiger partial charge is 0.191 e. The highest BCUT2D eigenvalue weighted by molar-refractivity contribution is 6.30. The van der Waals surface area contributed by atoms with Gasteiger partial charge >= 0.3 is 0 Å². The van der Waals surface area contributed by atoms with Gasteiger partial charge < -0.3 is 20.1 Å². The SMILES string of the molecule is CN=C(NCCc1ccc(OC)c(OC)c1)NC1CC1c1cccc(Cl)c1. The van der Waals surface area contributed by atoms with Crippen LogP contribution in [0.2, 0.25) is 5.02 Å². The van der Waals surface area contributed by atoms with Crippen molar-refractivity contribution in [2.75, 3.05) is 27.8 Å². The third-order valence-corrected chi connectivity index (χ3v) is 5.00. The maximum absolute atomic E-state index is 6.09. The van der Waals surface area contributed by atoms with Gasteiger partial charge in [0, 0.05) is 30.6 Å². The molecule has 5 nitrogen and oxygen atoms in total. The first kappa shape index (κ1) is 19.4. The number of halogens is 1. The molecule has 1 aliphatic rings. The van der Waals surface area contributed by atoms with Crippen molar-refractivity contribution in [2.45, 2.75) is 24.8 Å². The monoisotopic (exact) mass is 387 g/mol. The van der Waals surface area contributed by atoms with E-state index in [1.54, 1.807) is 21.3 Å². The number of nitrogens with zero attached hydrogens (tertiary/aromatic N) is 1. The first-order valence-electron chi connectivity index (χ1n) is 9.08. The topological polar surface area (TPSA) is 54.9 Å². The first-order valence-corrected chi connectivity index (χ1v) is 9.46. The van der Waals surface area contributed by atoms with Crippen LogP contribution in [0, 0.1) is 0 Å². The summed E-state index contributed by atoms with van der Waals surface area (Å²) in [5, 5.41) is 7.65. The molecule has 6 heteroatoms. The molecule has 2 aromatic carbocycles. The van der Waals surface area contributed by atoms with Crippen LogP contribution in [0.3, 0.4) is 0 Å². The molecule has 0 heterocycles. The molecule has 0 radical (unpaired) electrons. The quantitative estimate of drug-likeness (QED) is 0.562. The number of aliphatic imine (C=N–C) groups is 1. The summed E-state index contributed by atoms with van der Waals surface area (Å²) in [4.78, 5) is 4.33. The lowest BCUT2D eigenvalue weighted by Gasteiger charge is -2.13. The Hall–Kier alpha value is -2.40. The number of ether oxygens (including phenoxy) is 2. The number of guanidine groups is 1. The molecule has 2 atom stereocenters. The molecule has 0 aromatic heterocycles. The van der Waals surface area contributed by atoms with E-state index in [1.807, 2.05) is 30.3 Å². The summed E-state index contributed by atoms with van der Waals surface area (Å²) in [6.07, 6.45) is 1.96. The lowest BCUT2D eigenvalue weighted by atomic mass is 10.1. The number of nitrogens with one attached hydrogen (secondary N) is 2. The van der Waals surface area contributed by atoms with Crippen molar-refractivity contribution in [1.82, 2.24) is 10.6 Å². The van der Waals surface area contributed by atoms with Crippen LogP contribution in [0.25, 0.3) is 0 Å². The summed E-state index contributed by atoms with van der Waals surface area (Å²) in [6, 6.07) is 14.5. The van der Waals surface area contributed by atoms with E-state index in [2.05, 4.69) is 27.8 Å². The number of methoxy groups -OCH3 is 2. The largest absolute Gasteiger partial charge is 0.493 e. The number of benzene rings is 2. The van der Waals surface area contributed by atoms with Gasteiger partial charge in [0.1, 0.15) is 0 Å². The second kappa shape index (κ2) is 9.00. The molecule has 2 unspecified atom stereocenters. The van der Waals surface area contributed by atoms with Crippen LogP contribution in [-0.2, 0) is 6.42 Å². The van der Waals surface area contributed by atoms with Crippen molar-refractivity contribution in [3.8, 4) is 11.5 Å². The van der Waals surface area contributed by atoms with Crippen LogP contribution in [0.5, 0.6) is 11.5 Å². The number of hydrogen-bond acceptors (Lipinski definition) is 3. The van der Waals surface area contributed by atoms with Gasteiger partial charge in [-0.1, -0.05) is 29.8 Å². The molecule has 1 aliphatic carbocycles. The second-order valence-electron chi connectivity index (χ2n) is 6.59. The zero-order valence-electron chi connectivity index (χ0n) is 16.0. The van der Waals surface area contributed by atoms with Crippen molar-refractivity contribution in [3.05, 3.63) is 58.6 Å². The van der Waals surface area contributed by atoms with Gasteiger partial charge in [-0.3, -0.25) is 4.99 Å². The molecule has 27 heavy (non-hydrogen) atoms. The molecule has 0 spiro atoms. The van der Waals surface area contributed by atoms with E-state index >= 15 is 0 Å². The summed E-state index contributed by atoms with van der Waals surface area (Å²) in [5.74, 6) is 2.81. The van der Waals surface area contributed by atoms with Crippen LogP contribution < -0.4 is 20.1 Å². The van der Waals surface area contributed by atoms with Crippen molar-refractivity contribution < 1.29 is 9.47 Å². The minimum atomic E-state index is 0.399. The lowest BCUT2D eigenvalue weighted by molar-refractivity contribution is 0.354. The summed E-state index contributed by atoms with van der Waals surface area (Å²) in [5.41, 5.74) is 2.46. The van der Waals surface area contributed by atoms with Crippen LogP contribution in [0.15, 0.2) is 47.5 Å². The Labute approximate surface area is 165 Å². The fraction of sp³-hybridized carbons (Fsp3) is 0.381. The van der Waals surface area contributed by atoms with Crippen molar-refractivity contribution in [3.63, 3.8) is 0 Å². The average Bonchev–Trinajstić information content (AvgIpc) is 3.46. The standard InChI is InChI=1S/C21H26ClN3O2/c1-23-21(25-18-13-17(18)15-5-4-6-16(22)12-15)24-10-9-14-7-8-19(26-2)20(11-14)27-3/h4-8,11-12,17-18H,9-10,13H2,1-3H3,(H2,23,24,25). The third kappa shape index (κ3) is 5.07. The number of hydrogen-bond donors (Lipinski definition) is 2. The maximum Gasteiger partial charge on any atom is 0.191 e. The second-order valence-corrected chi connectivity index (χ2v) is 7.02. The summed E-state index contributed by atoms with van der Waals surface area (Å²) in [6.45, 7) is 0.781. The molecular weight excluding hydrogens is 362 g/mol. The average molecular weight is 388 g/mol. The van der Waals surface area contributed by atoms with Gasteiger partial charge in [0.25, 0.3) is 0 Å². The summed E-state index contributed by atoms with van der Waals surface area (Å²) in [7, 11) is 5.09. The molecule has 0 aliphatic heterocycles. The lowest BCUT2D eigenvalue weighted by Crippen LogP contribution is -2.39. The highest BCUT2D eigenvalue weighted by atomic mass is 35.5. The predicted octanol–water partition coefficient (Wildman–Crippen LogP) is 3.62. The van der Waals surface area contributed by atoms with Crippen LogP contribution in [0.1, 0.15) is 23.5 Å². The van der Waals surface area contributed by atoms with E-state index in [4.69, 9.17) is 21.1 Å². The zero-order valence-corrected chi connectivity index (χ0v) is 16.7. The van der Waals surface area contributed by atoms with E-state index < -0.39 is 0 Å². The molecule has 0 saturated heterocycles. The minimum absolute atomic E-state index is 0.399. The first-order chi connectivity index (χ1) is 13.1. The fourth-order valence-corrected chi connectivity index (χ4v) is 3.39. The predicted molar refractivity (Wildman–Crippen MR) is 110 cm³/mol. The maximum atomic E-state index is 6.09. The molecule has 1 saturated carbocycles. The van der Waals surface area contributed by atoms with E-state index in [-0.39, 0.29) is 0 Å². The molecule has 1 fully saturated rings. The Morgan fingerprint density at radius 3 is 2.67 bits per heavy atom. The molecule has 144 valence electrons. The van der Waals surface area contributed by atoms with Gasteiger partial charge in [-0.15, -0.1) is 0 Å². The highest BCUT2D eigenvalue weighted by Crippen LogP contribution is 2.41. The van der Waals surface area contributed by atoms with Crippen LogP contribution in [-0.4, -0.2) is 39.8 Å². The molecule has 0 bridgehead atoms. The van der Waals surface area contributed by atoms with Gasteiger partial charge in [0.05, 0.1) is 14.2 Å². The summed E-state index contributed by atoms with van der Waals surface area (Å²) >= 11 is 6.09. The Morgan fingerprint density at radius 1 is 1.15 bits per heavy atom. The van der Waals surface area contributed by atoms with Gasteiger partial charge in [0.2, 0.25) is 0 Å². The van der Waals surface area contributed by atoms with Gasteiger partial charge in [-0.2, -0.15) is 0 Å². The van der Waals surface area contributed by atoms with Crippen molar-refractivity contribution in [1.29, 1.82) is 0 Å². The molecular formula is C21H26ClN3O2. The van der Waals surface area contributed by atoms with Gasteiger partial charge in [-0.25, -0.2) is 0 Å².